The Kier molecular flexibility index (Phi) is 7.88. The maximum Gasteiger partial charge on any atom is 0.164 e. The van der Waals surface area contributed by atoms with Gasteiger partial charge in [0.05, 0.1) is 0 Å². The lowest BCUT2D eigenvalue weighted by molar-refractivity contribution is 0.222. The standard InChI is InChI=1S/C25H37F3/c1-3-4-5-18-6-8-19(9-7-18)10-11-20-12-14-21(15-13-20)22-16-23(26)17(2)24(27)25(22)28/h16,18-21H,3-15H2,1-2H3. The van der Waals surface area contributed by atoms with Crippen molar-refractivity contribution in [1.29, 1.82) is 0 Å². The molecular formula is C25H37F3. The fourth-order valence-electron chi connectivity index (χ4n) is 5.54. The van der Waals surface area contributed by atoms with E-state index in [1.807, 2.05) is 0 Å². The molecule has 28 heavy (non-hydrogen) atoms. The van der Waals surface area contributed by atoms with Gasteiger partial charge in [-0.25, -0.2) is 13.2 Å². The van der Waals surface area contributed by atoms with Gasteiger partial charge in [0.25, 0.3) is 0 Å². The van der Waals surface area contributed by atoms with E-state index < -0.39 is 17.5 Å². The summed E-state index contributed by atoms with van der Waals surface area (Å²) in [4.78, 5) is 0. The lowest BCUT2D eigenvalue weighted by atomic mass is 9.74. The Hall–Kier alpha value is -0.990. The highest BCUT2D eigenvalue weighted by Crippen LogP contribution is 2.41. The van der Waals surface area contributed by atoms with Crippen LogP contribution in [-0.2, 0) is 0 Å². The number of halogens is 3. The van der Waals surface area contributed by atoms with E-state index in [1.165, 1.54) is 70.8 Å². The summed E-state index contributed by atoms with van der Waals surface area (Å²) < 4.78 is 42.0. The van der Waals surface area contributed by atoms with Crippen molar-refractivity contribution in [2.45, 2.75) is 103 Å². The molecule has 0 aromatic heterocycles. The normalized spacial score (nSPS) is 28.5. The average Bonchev–Trinajstić information content (AvgIpc) is 2.73. The van der Waals surface area contributed by atoms with E-state index in [0.717, 1.165) is 37.5 Å². The first-order chi connectivity index (χ1) is 13.5. The van der Waals surface area contributed by atoms with Gasteiger partial charge in [0.1, 0.15) is 5.82 Å². The second-order valence-corrected chi connectivity index (χ2v) is 9.52. The monoisotopic (exact) mass is 394 g/mol. The first-order valence-electron chi connectivity index (χ1n) is 11.6. The van der Waals surface area contributed by atoms with Crippen LogP contribution in [0.4, 0.5) is 13.2 Å². The summed E-state index contributed by atoms with van der Waals surface area (Å²) in [5.41, 5.74) is 0.0452. The molecule has 2 saturated carbocycles. The topological polar surface area (TPSA) is 0 Å². The maximum atomic E-state index is 14.3. The van der Waals surface area contributed by atoms with Crippen molar-refractivity contribution < 1.29 is 13.2 Å². The van der Waals surface area contributed by atoms with Gasteiger partial charge < -0.3 is 0 Å². The lowest BCUT2D eigenvalue weighted by Gasteiger charge is -2.32. The van der Waals surface area contributed by atoms with Crippen molar-refractivity contribution in [1.82, 2.24) is 0 Å². The minimum absolute atomic E-state index is 0.0325. The smallest absolute Gasteiger partial charge is 0.164 e. The fraction of sp³-hybridized carbons (Fsp3) is 0.760. The number of unbranched alkanes of at least 4 members (excludes halogenated alkanes) is 1. The zero-order valence-electron chi connectivity index (χ0n) is 17.7. The minimum atomic E-state index is -1.01. The molecule has 0 spiro atoms. The number of rotatable bonds is 7. The molecule has 0 aliphatic heterocycles. The van der Waals surface area contributed by atoms with Gasteiger partial charge in [-0.3, -0.25) is 0 Å². The highest BCUT2D eigenvalue weighted by Gasteiger charge is 2.28. The summed E-state index contributed by atoms with van der Waals surface area (Å²) in [5, 5.41) is 0. The Morgan fingerprint density at radius 2 is 1.25 bits per heavy atom. The van der Waals surface area contributed by atoms with Crippen molar-refractivity contribution in [2.75, 3.05) is 0 Å². The predicted octanol–water partition coefficient (Wildman–Crippen LogP) is 8.46. The molecule has 3 heteroatoms. The van der Waals surface area contributed by atoms with Crippen LogP contribution in [0.15, 0.2) is 6.07 Å². The highest BCUT2D eigenvalue weighted by atomic mass is 19.2. The van der Waals surface area contributed by atoms with Crippen LogP contribution >= 0.6 is 0 Å². The average molecular weight is 395 g/mol. The molecule has 0 bridgehead atoms. The number of benzene rings is 1. The van der Waals surface area contributed by atoms with E-state index in [0.29, 0.717) is 5.92 Å². The van der Waals surface area contributed by atoms with Crippen LogP contribution in [0.25, 0.3) is 0 Å². The minimum Gasteiger partial charge on any atom is -0.207 e. The van der Waals surface area contributed by atoms with E-state index in [2.05, 4.69) is 6.92 Å². The van der Waals surface area contributed by atoms with Crippen molar-refractivity contribution in [2.24, 2.45) is 17.8 Å². The van der Waals surface area contributed by atoms with Crippen molar-refractivity contribution >= 4 is 0 Å². The van der Waals surface area contributed by atoms with Gasteiger partial charge in [0.2, 0.25) is 0 Å². The van der Waals surface area contributed by atoms with Gasteiger partial charge in [0, 0.05) is 5.56 Å². The third-order valence-electron chi connectivity index (χ3n) is 7.62. The fourth-order valence-corrected chi connectivity index (χ4v) is 5.54. The largest absolute Gasteiger partial charge is 0.207 e. The molecule has 0 atom stereocenters. The lowest BCUT2D eigenvalue weighted by Crippen LogP contribution is -2.18. The second-order valence-electron chi connectivity index (χ2n) is 9.52. The van der Waals surface area contributed by atoms with Crippen LogP contribution in [0.3, 0.4) is 0 Å². The molecule has 1 aromatic carbocycles. The molecular weight excluding hydrogens is 357 g/mol. The molecule has 0 N–H and O–H groups in total. The van der Waals surface area contributed by atoms with Gasteiger partial charge in [-0.05, 0) is 67.9 Å². The third-order valence-corrected chi connectivity index (χ3v) is 7.62. The van der Waals surface area contributed by atoms with Gasteiger partial charge in [-0.1, -0.05) is 64.7 Å². The maximum absolute atomic E-state index is 14.3. The summed E-state index contributed by atoms with van der Waals surface area (Å²) in [7, 11) is 0. The Morgan fingerprint density at radius 1 is 0.750 bits per heavy atom. The quantitative estimate of drug-likeness (QED) is 0.407. The summed E-state index contributed by atoms with van der Waals surface area (Å²) in [5.74, 6) is 0.0803. The van der Waals surface area contributed by atoms with Gasteiger partial charge in [-0.15, -0.1) is 0 Å². The number of hydrogen-bond acceptors (Lipinski definition) is 0. The molecule has 0 amide bonds. The molecule has 0 heterocycles. The molecule has 1 aromatic rings. The summed E-state index contributed by atoms with van der Waals surface area (Å²) in [6.07, 6.45) is 16.2. The van der Waals surface area contributed by atoms with Crippen LogP contribution < -0.4 is 0 Å². The molecule has 2 aliphatic rings. The van der Waals surface area contributed by atoms with Crippen molar-refractivity contribution in [3.63, 3.8) is 0 Å². The first-order valence-corrected chi connectivity index (χ1v) is 11.6. The van der Waals surface area contributed by atoms with E-state index in [1.54, 1.807) is 0 Å². The van der Waals surface area contributed by atoms with Crippen LogP contribution in [0.5, 0.6) is 0 Å². The zero-order chi connectivity index (χ0) is 20.1. The van der Waals surface area contributed by atoms with Gasteiger partial charge in [0.15, 0.2) is 11.6 Å². The summed E-state index contributed by atoms with van der Waals surface area (Å²) in [6.45, 7) is 3.58. The predicted molar refractivity (Wildman–Crippen MR) is 110 cm³/mol. The second kappa shape index (κ2) is 10.2. The third kappa shape index (κ3) is 5.33. The Labute approximate surface area is 169 Å². The van der Waals surface area contributed by atoms with E-state index in [-0.39, 0.29) is 17.0 Å². The van der Waals surface area contributed by atoms with E-state index >= 15 is 0 Å². The SMILES string of the molecule is CCCCC1CCC(CCC2CCC(c3cc(F)c(C)c(F)c3F)CC2)CC1. The molecule has 158 valence electrons. The molecule has 0 radical (unpaired) electrons. The van der Waals surface area contributed by atoms with E-state index in [4.69, 9.17) is 0 Å². The molecule has 3 rings (SSSR count). The molecule has 0 unspecified atom stereocenters. The van der Waals surface area contributed by atoms with Crippen LogP contribution in [0.2, 0.25) is 0 Å². The summed E-state index contributed by atoms with van der Waals surface area (Å²) in [6, 6.07) is 1.23. The van der Waals surface area contributed by atoms with E-state index in [9.17, 15) is 13.2 Å². The van der Waals surface area contributed by atoms with Gasteiger partial charge >= 0.3 is 0 Å². The Bertz CT molecular complexity index is 623. The molecule has 0 saturated heterocycles. The molecule has 2 aliphatic carbocycles. The Morgan fingerprint density at radius 3 is 1.79 bits per heavy atom. The van der Waals surface area contributed by atoms with Crippen molar-refractivity contribution in [3.05, 3.63) is 34.6 Å². The highest BCUT2D eigenvalue weighted by molar-refractivity contribution is 5.30. The number of hydrogen-bond donors (Lipinski definition) is 0. The zero-order valence-corrected chi connectivity index (χ0v) is 17.7. The van der Waals surface area contributed by atoms with Gasteiger partial charge in [-0.2, -0.15) is 0 Å². The van der Waals surface area contributed by atoms with Crippen LogP contribution in [0.1, 0.15) is 107 Å². The van der Waals surface area contributed by atoms with Crippen LogP contribution in [-0.4, -0.2) is 0 Å². The first kappa shape index (κ1) is 21.7. The Balaban J connectivity index is 1.42. The van der Waals surface area contributed by atoms with Crippen LogP contribution in [0, 0.1) is 42.1 Å². The summed E-state index contributed by atoms with van der Waals surface area (Å²) >= 11 is 0. The van der Waals surface area contributed by atoms with Crippen molar-refractivity contribution in [3.8, 4) is 0 Å². The molecule has 0 nitrogen and oxygen atoms in total. The molecule has 2 fully saturated rings.